The van der Waals surface area contributed by atoms with Gasteiger partial charge >= 0.3 is 0 Å². The Balaban J connectivity index is 1.24. The second-order valence-electron chi connectivity index (χ2n) is 12.9. The van der Waals surface area contributed by atoms with Crippen LogP contribution in [-0.4, -0.2) is 9.13 Å². The number of benzene rings is 8. The second-order valence-corrected chi connectivity index (χ2v) is 14.0. The summed E-state index contributed by atoms with van der Waals surface area (Å²) in [4.78, 5) is 0. The Hall–Kier alpha value is -6.16. The number of rotatable bonds is 3. The Morgan fingerprint density at radius 3 is 1.88 bits per heavy atom. The predicted octanol–water partition coefficient (Wildman–Crippen LogP) is 13.1. The van der Waals surface area contributed by atoms with Gasteiger partial charge in [0, 0.05) is 48.4 Å². The summed E-state index contributed by atoms with van der Waals surface area (Å²) in [7, 11) is 0. The van der Waals surface area contributed by atoms with Gasteiger partial charge in [-0.1, -0.05) is 109 Å². The van der Waals surface area contributed by atoms with Crippen LogP contribution in [0, 0.1) is 0 Å². The van der Waals surface area contributed by atoms with Gasteiger partial charge in [0.05, 0.1) is 26.8 Å². The largest absolute Gasteiger partial charge is 0.309 e. The summed E-state index contributed by atoms with van der Waals surface area (Å²) in [6.07, 6.45) is 0. The van der Waals surface area contributed by atoms with Crippen molar-refractivity contribution in [1.29, 1.82) is 0 Å². The summed E-state index contributed by atoms with van der Waals surface area (Å²) < 4.78 is 7.53. The van der Waals surface area contributed by atoms with Gasteiger partial charge in [-0.05, 0) is 82.6 Å². The molecule has 49 heavy (non-hydrogen) atoms. The first-order valence-electron chi connectivity index (χ1n) is 16.8. The highest BCUT2D eigenvalue weighted by Crippen LogP contribution is 2.48. The standard InChI is InChI=1S/C46H28N2S/c1-2-14-32(15-3-1)48-41-20-10-7-17-35(41)39-28-37(44-36-18-8-11-21-43(36)49-46(44)45(39)48)31-23-25-42-38(27-31)34-16-6-9-19-40(34)47(42)33-24-22-29-12-4-5-13-30(29)26-33/h1-28H. The first kappa shape index (κ1) is 26.9. The van der Waals surface area contributed by atoms with Crippen molar-refractivity contribution in [3.05, 3.63) is 170 Å². The molecule has 3 heteroatoms. The number of fused-ring (bicyclic) bond motifs is 11. The highest BCUT2D eigenvalue weighted by Gasteiger charge is 2.22. The third-order valence-corrected chi connectivity index (χ3v) is 11.4. The molecule has 0 amide bonds. The van der Waals surface area contributed by atoms with Crippen LogP contribution in [-0.2, 0) is 0 Å². The fraction of sp³-hybridized carbons (Fsp3) is 0. The van der Waals surface area contributed by atoms with Crippen LogP contribution in [0.4, 0.5) is 0 Å². The van der Waals surface area contributed by atoms with E-state index in [1.165, 1.54) is 97.1 Å². The van der Waals surface area contributed by atoms with Crippen molar-refractivity contribution in [2.75, 3.05) is 0 Å². The van der Waals surface area contributed by atoms with Crippen LogP contribution >= 0.6 is 11.3 Å². The third kappa shape index (κ3) is 3.82. The molecular formula is C46H28N2S. The fourth-order valence-corrected chi connectivity index (χ4v) is 9.40. The van der Waals surface area contributed by atoms with E-state index in [9.17, 15) is 0 Å². The molecule has 0 aliphatic rings. The Morgan fingerprint density at radius 1 is 0.388 bits per heavy atom. The lowest BCUT2D eigenvalue weighted by molar-refractivity contribution is 1.19. The van der Waals surface area contributed by atoms with Crippen LogP contribution in [0.15, 0.2) is 170 Å². The number of para-hydroxylation sites is 3. The Morgan fingerprint density at radius 2 is 1.04 bits per heavy atom. The molecule has 0 unspecified atom stereocenters. The molecule has 0 aliphatic heterocycles. The summed E-state index contributed by atoms with van der Waals surface area (Å²) in [5.41, 5.74) is 9.82. The monoisotopic (exact) mass is 640 g/mol. The fourth-order valence-electron chi connectivity index (χ4n) is 8.14. The van der Waals surface area contributed by atoms with Gasteiger partial charge in [0.2, 0.25) is 0 Å². The van der Waals surface area contributed by atoms with Gasteiger partial charge in [-0.2, -0.15) is 0 Å². The Kier molecular flexibility index (Phi) is 5.57. The van der Waals surface area contributed by atoms with Gasteiger partial charge < -0.3 is 9.13 Å². The molecule has 11 aromatic rings. The molecule has 2 nitrogen and oxygen atoms in total. The van der Waals surface area contributed by atoms with E-state index in [1.807, 2.05) is 11.3 Å². The Bertz CT molecular complexity index is 3100. The molecule has 0 atom stereocenters. The normalized spacial score (nSPS) is 12.1. The van der Waals surface area contributed by atoms with E-state index < -0.39 is 0 Å². The lowest BCUT2D eigenvalue weighted by atomic mass is 9.95. The van der Waals surface area contributed by atoms with E-state index in [4.69, 9.17) is 0 Å². The summed E-state index contributed by atoms with van der Waals surface area (Å²) in [6.45, 7) is 0. The minimum Gasteiger partial charge on any atom is -0.309 e. The first-order chi connectivity index (χ1) is 24.3. The second kappa shape index (κ2) is 10.2. The SMILES string of the molecule is c1ccc(-n2c3ccccc3c3cc(-c4ccc5c(c4)c4ccccc4n5-c4ccc5ccccc5c4)c4c5ccccc5sc4c32)cc1. The van der Waals surface area contributed by atoms with Gasteiger partial charge in [0.15, 0.2) is 0 Å². The van der Waals surface area contributed by atoms with Crippen molar-refractivity contribution in [2.45, 2.75) is 0 Å². The molecule has 0 spiro atoms. The molecule has 0 fully saturated rings. The van der Waals surface area contributed by atoms with Crippen molar-refractivity contribution < 1.29 is 0 Å². The van der Waals surface area contributed by atoms with Crippen LogP contribution in [0.25, 0.3) is 97.1 Å². The number of thiophene rings is 1. The van der Waals surface area contributed by atoms with Crippen LogP contribution in [0.5, 0.6) is 0 Å². The van der Waals surface area contributed by atoms with E-state index in [0.717, 1.165) is 0 Å². The topological polar surface area (TPSA) is 9.86 Å². The highest BCUT2D eigenvalue weighted by molar-refractivity contribution is 7.26. The molecule has 0 aliphatic carbocycles. The van der Waals surface area contributed by atoms with Crippen molar-refractivity contribution in [1.82, 2.24) is 9.13 Å². The van der Waals surface area contributed by atoms with Crippen molar-refractivity contribution >= 4 is 85.9 Å². The molecule has 0 N–H and O–H groups in total. The maximum atomic E-state index is 2.46. The maximum absolute atomic E-state index is 2.46. The summed E-state index contributed by atoms with van der Waals surface area (Å²) >= 11 is 1.91. The number of aromatic nitrogens is 2. The molecule has 8 aromatic carbocycles. The lowest BCUT2D eigenvalue weighted by Crippen LogP contribution is -1.94. The van der Waals surface area contributed by atoms with Crippen LogP contribution < -0.4 is 0 Å². The summed E-state index contributed by atoms with van der Waals surface area (Å²) in [5, 5.41) is 10.2. The molecule has 0 radical (unpaired) electrons. The molecule has 3 aromatic heterocycles. The van der Waals surface area contributed by atoms with Crippen molar-refractivity contribution in [3.63, 3.8) is 0 Å². The summed E-state index contributed by atoms with van der Waals surface area (Å²) in [6, 6.07) is 62.4. The maximum Gasteiger partial charge on any atom is 0.0720 e. The van der Waals surface area contributed by atoms with Gasteiger partial charge in [0.25, 0.3) is 0 Å². The zero-order valence-corrected chi connectivity index (χ0v) is 27.3. The molecule has 0 saturated carbocycles. The smallest absolute Gasteiger partial charge is 0.0720 e. The third-order valence-electron chi connectivity index (χ3n) is 10.3. The molecule has 0 bridgehead atoms. The van der Waals surface area contributed by atoms with Crippen LogP contribution in [0.3, 0.4) is 0 Å². The van der Waals surface area contributed by atoms with Gasteiger partial charge in [-0.15, -0.1) is 11.3 Å². The first-order valence-corrected chi connectivity index (χ1v) is 17.6. The van der Waals surface area contributed by atoms with E-state index in [0.29, 0.717) is 0 Å². The number of nitrogens with zero attached hydrogens (tertiary/aromatic N) is 2. The minimum atomic E-state index is 1.18. The number of hydrogen-bond donors (Lipinski definition) is 0. The van der Waals surface area contributed by atoms with Gasteiger partial charge in [-0.25, -0.2) is 0 Å². The predicted molar refractivity (Wildman–Crippen MR) is 211 cm³/mol. The van der Waals surface area contributed by atoms with E-state index >= 15 is 0 Å². The highest BCUT2D eigenvalue weighted by atomic mass is 32.1. The van der Waals surface area contributed by atoms with Gasteiger partial charge in [0.1, 0.15) is 0 Å². The molecule has 11 rings (SSSR count). The van der Waals surface area contributed by atoms with E-state index in [-0.39, 0.29) is 0 Å². The van der Waals surface area contributed by atoms with Crippen LogP contribution in [0.2, 0.25) is 0 Å². The summed E-state index contributed by atoms with van der Waals surface area (Å²) in [5.74, 6) is 0. The molecule has 3 heterocycles. The Labute approximate surface area is 286 Å². The zero-order valence-electron chi connectivity index (χ0n) is 26.5. The number of hydrogen-bond acceptors (Lipinski definition) is 1. The molecular weight excluding hydrogens is 613 g/mol. The quantitative estimate of drug-likeness (QED) is 0.182. The van der Waals surface area contributed by atoms with E-state index in [2.05, 4.69) is 179 Å². The molecule has 0 saturated heterocycles. The van der Waals surface area contributed by atoms with E-state index in [1.54, 1.807) is 0 Å². The zero-order chi connectivity index (χ0) is 32.1. The average molecular weight is 641 g/mol. The lowest BCUT2D eigenvalue weighted by Gasteiger charge is -2.12. The molecule has 228 valence electrons. The van der Waals surface area contributed by atoms with Crippen molar-refractivity contribution in [2.24, 2.45) is 0 Å². The van der Waals surface area contributed by atoms with Crippen LogP contribution in [0.1, 0.15) is 0 Å². The minimum absolute atomic E-state index is 1.18. The average Bonchev–Trinajstić information content (AvgIpc) is 3.82. The van der Waals surface area contributed by atoms with Gasteiger partial charge in [-0.3, -0.25) is 0 Å². The van der Waals surface area contributed by atoms with Crippen molar-refractivity contribution in [3.8, 4) is 22.5 Å².